The third-order valence-corrected chi connectivity index (χ3v) is 4.30. The number of halogens is 1. The molecule has 0 saturated heterocycles. The molecule has 28 heavy (non-hydrogen) atoms. The van der Waals surface area contributed by atoms with Gasteiger partial charge < -0.3 is 14.2 Å². The molecule has 150 valence electrons. The van der Waals surface area contributed by atoms with Gasteiger partial charge in [0, 0.05) is 23.1 Å². The summed E-state index contributed by atoms with van der Waals surface area (Å²) >= 11 is 5.97. The second-order valence-corrected chi connectivity index (χ2v) is 6.37. The molecule has 0 saturated carbocycles. The molecular weight excluding hydrogens is 384 g/mol. The van der Waals surface area contributed by atoms with Gasteiger partial charge in [-0.2, -0.15) is 0 Å². The van der Waals surface area contributed by atoms with Gasteiger partial charge in [-0.3, -0.25) is 20.4 Å². The van der Waals surface area contributed by atoms with E-state index >= 15 is 0 Å². The summed E-state index contributed by atoms with van der Waals surface area (Å²) < 4.78 is 15.8. The first-order chi connectivity index (χ1) is 13.4. The van der Waals surface area contributed by atoms with Crippen molar-refractivity contribution in [3.05, 3.63) is 52.5 Å². The Kier molecular flexibility index (Phi) is 7.95. The Labute approximate surface area is 168 Å². The number of amides is 2. The van der Waals surface area contributed by atoms with E-state index in [1.165, 1.54) is 14.2 Å². The van der Waals surface area contributed by atoms with Crippen molar-refractivity contribution in [3.8, 4) is 17.2 Å². The quantitative estimate of drug-likeness (QED) is 0.519. The molecule has 0 spiro atoms. The molecule has 0 aliphatic rings. The summed E-state index contributed by atoms with van der Waals surface area (Å²) in [4.78, 5) is 24.1. The second kappa shape index (κ2) is 10.4. The van der Waals surface area contributed by atoms with Gasteiger partial charge >= 0.3 is 0 Å². The van der Waals surface area contributed by atoms with Gasteiger partial charge in [0.05, 0.1) is 20.8 Å². The minimum Gasteiger partial charge on any atom is -0.497 e. The van der Waals surface area contributed by atoms with E-state index in [9.17, 15) is 9.59 Å². The van der Waals surface area contributed by atoms with Crippen molar-refractivity contribution < 1.29 is 23.8 Å². The zero-order valence-corrected chi connectivity index (χ0v) is 16.8. The highest BCUT2D eigenvalue weighted by Gasteiger charge is 2.11. The summed E-state index contributed by atoms with van der Waals surface area (Å²) in [6.45, 7) is 2.26. The van der Waals surface area contributed by atoms with Gasteiger partial charge in [-0.25, -0.2) is 0 Å². The Balaban J connectivity index is 1.74. The van der Waals surface area contributed by atoms with Crippen molar-refractivity contribution in [1.29, 1.82) is 0 Å². The van der Waals surface area contributed by atoms with Crippen molar-refractivity contribution >= 4 is 23.4 Å². The van der Waals surface area contributed by atoms with E-state index in [1.54, 1.807) is 30.3 Å². The molecule has 8 heteroatoms. The SMILES string of the molecule is COc1cc(OC)cc(C(=O)NNC(=O)CCCOc2ccc(Cl)c(C)c2)c1. The summed E-state index contributed by atoms with van der Waals surface area (Å²) in [7, 11) is 2.98. The first-order valence-corrected chi connectivity index (χ1v) is 9.02. The van der Waals surface area contributed by atoms with E-state index < -0.39 is 5.91 Å². The Bertz CT molecular complexity index is 819. The fraction of sp³-hybridized carbons (Fsp3) is 0.300. The molecule has 2 aromatic rings. The van der Waals surface area contributed by atoms with Gasteiger partial charge in [0.25, 0.3) is 5.91 Å². The Hall–Kier alpha value is -2.93. The van der Waals surface area contributed by atoms with Crippen LogP contribution in [0.4, 0.5) is 0 Å². The fourth-order valence-corrected chi connectivity index (χ4v) is 2.45. The minimum absolute atomic E-state index is 0.203. The molecular formula is C20H23ClN2O5. The van der Waals surface area contributed by atoms with E-state index in [0.29, 0.717) is 40.9 Å². The predicted molar refractivity (Wildman–Crippen MR) is 106 cm³/mol. The molecule has 0 fully saturated rings. The maximum Gasteiger partial charge on any atom is 0.269 e. The van der Waals surface area contributed by atoms with Crippen LogP contribution in [0.2, 0.25) is 5.02 Å². The summed E-state index contributed by atoms with van der Waals surface area (Å²) in [6, 6.07) is 10.1. The summed E-state index contributed by atoms with van der Waals surface area (Å²) in [5, 5.41) is 0.677. The number of carbonyl (C=O) groups is 2. The average Bonchev–Trinajstić information content (AvgIpc) is 2.71. The topological polar surface area (TPSA) is 85.9 Å². The van der Waals surface area contributed by atoms with Gasteiger partial charge in [0.1, 0.15) is 17.2 Å². The molecule has 2 N–H and O–H groups in total. The molecule has 0 unspecified atom stereocenters. The smallest absolute Gasteiger partial charge is 0.269 e. The lowest BCUT2D eigenvalue weighted by Crippen LogP contribution is -2.41. The number of hydrogen-bond donors (Lipinski definition) is 2. The molecule has 2 aromatic carbocycles. The molecule has 0 atom stereocenters. The number of carbonyl (C=O) groups excluding carboxylic acids is 2. The third kappa shape index (κ3) is 6.35. The Morgan fingerprint density at radius 1 is 0.964 bits per heavy atom. The lowest BCUT2D eigenvalue weighted by Gasteiger charge is -2.10. The molecule has 0 heterocycles. The van der Waals surface area contributed by atoms with Crippen LogP contribution in [0, 0.1) is 6.92 Å². The zero-order valence-electron chi connectivity index (χ0n) is 16.0. The molecule has 0 radical (unpaired) electrons. The number of aryl methyl sites for hydroxylation is 1. The molecule has 0 aliphatic carbocycles. The number of nitrogens with one attached hydrogen (secondary N) is 2. The van der Waals surface area contributed by atoms with Crippen molar-refractivity contribution in [2.75, 3.05) is 20.8 Å². The van der Waals surface area contributed by atoms with Crippen molar-refractivity contribution in [2.45, 2.75) is 19.8 Å². The van der Waals surface area contributed by atoms with E-state index in [4.69, 9.17) is 25.8 Å². The van der Waals surface area contributed by atoms with Crippen LogP contribution in [-0.4, -0.2) is 32.6 Å². The number of hydrogen-bond acceptors (Lipinski definition) is 5. The normalized spacial score (nSPS) is 10.1. The minimum atomic E-state index is -0.474. The molecule has 0 bridgehead atoms. The number of rotatable bonds is 8. The third-order valence-electron chi connectivity index (χ3n) is 3.88. The highest BCUT2D eigenvalue weighted by atomic mass is 35.5. The van der Waals surface area contributed by atoms with E-state index in [-0.39, 0.29) is 12.3 Å². The van der Waals surface area contributed by atoms with Crippen LogP contribution in [0.5, 0.6) is 17.2 Å². The maximum absolute atomic E-state index is 12.2. The lowest BCUT2D eigenvalue weighted by atomic mass is 10.2. The van der Waals surface area contributed by atoms with E-state index in [1.807, 2.05) is 13.0 Å². The van der Waals surface area contributed by atoms with Crippen LogP contribution < -0.4 is 25.1 Å². The number of benzene rings is 2. The van der Waals surface area contributed by atoms with Crippen LogP contribution in [-0.2, 0) is 4.79 Å². The van der Waals surface area contributed by atoms with Crippen LogP contribution >= 0.6 is 11.6 Å². The largest absolute Gasteiger partial charge is 0.497 e. The van der Waals surface area contributed by atoms with Crippen LogP contribution in [0.25, 0.3) is 0 Å². The van der Waals surface area contributed by atoms with E-state index in [0.717, 1.165) is 5.56 Å². The van der Waals surface area contributed by atoms with Crippen LogP contribution in [0.3, 0.4) is 0 Å². The van der Waals surface area contributed by atoms with E-state index in [2.05, 4.69) is 10.9 Å². The summed E-state index contributed by atoms with van der Waals surface area (Å²) in [6.07, 6.45) is 0.699. The van der Waals surface area contributed by atoms with Gasteiger partial charge in [-0.1, -0.05) is 11.6 Å². The van der Waals surface area contributed by atoms with Gasteiger partial charge in [0.2, 0.25) is 5.91 Å². The first-order valence-electron chi connectivity index (χ1n) is 8.64. The molecule has 2 rings (SSSR count). The van der Waals surface area contributed by atoms with Crippen molar-refractivity contribution in [1.82, 2.24) is 10.9 Å². The highest BCUT2D eigenvalue weighted by molar-refractivity contribution is 6.31. The van der Waals surface area contributed by atoms with Crippen molar-refractivity contribution in [3.63, 3.8) is 0 Å². The Morgan fingerprint density at radius 3 is 2.25 bits per heavy atom. The Morgan fingerprint density at radius 2 is 1.64 bits per heavy atom. The summed E-state index contributed by atoms with van der Waals surface area (Å²) in [5.41, 5.74) is 5.98. The van der Waals surface area contributed by atoms with Crippen LogP contribution in [0.15, 0.2) is 36.4 Å². The number of hydrazine groups is 1. The summed E-state index contributed by atoms with van der Waals surface area (Å²) in [5.74, 6) is 0.857. The van der Waals surface area contributed by atoms with Crippen molar-refractivity contribution in [2.24, 2.45) is 0 Å². The van der Waals surface area contributed by atoms with Gasteiger partial charge in [-0.15, -0.1) is 0 Å². The second-order valence-electron chi connectivity index (χ2n) is 5.97. The van der Waals surface area contributed by atoms with Crippen LogP contribution in [0.1, 0.15) is 28.8 Å². The zero-order chi connectivity index (χ0) is 20.5. The lowest BCUT2D eigenvalue weighted by molar-refractivity contribution is -0.122. The first kappa shape index (κ1) is 21.4. The van der Waals surface area contributed by atoms with Gasteiger partial charge in [-0.05, 0) is 49.2 Å². The van der Waals surface area contributed by atoms with Gasteiger partial charge in [0.15, 0.2) is 0 Å². The maximum atomic E-state index is 12.2. The number of ether oxygens (including phenoxy) is 3. The molecule has 0 aliphatic heterocycles. The molecule has 2 amide bonds. The molecule has 0 aromatic heterocycles. The fourth-order valence-electron chi connectivity index (χ4n) is 2.33. The molecule has 7 nitrogen and oxygen atoms in total. The number of methoxy groups -OCH3 is 2. The predicted octanol–water partition coefficient (Wildman–Crippen LogP) is 3.29. The average molecular weight is 407 g/mol. The highest BCUT2D eigenvalue weighted by Crippen LogP contribution is 2.22. The monoisotopic (exact) mass is 406 g/mol. The standard InChI is InChI=1S/C20H23ClN2O5/c1-13-9-15(6-7-18(13)21)28-8-4-5-19(24)22-23-20(25)14-10-16(26-2)12-17(11-14)27-3/h6-7,9-12H,4-5,8H2,1-3H3,(H,22,24)(H,23,25).